The van der Waals surface area contributed by atoms with Crippen molar-refractivity contribution in [3.63, 3.8) is 0 Å². The third kappa shape index (κ3) is 10.8. The highest BCUT2D eigenvalue weighted by Crippen LogP contribution is 2.20. The van der Waals surface area contributed by atoms with Crippen LogP contribution in [0.15, 0.2) is 17.1 Å². The number of allylic oxidation sites excluding steroid dienone is 2. The minimum Gasteiger partial charge on any atom is -0.390 e. The third-order valence-corrected chi connectivity index (χ3v) is 6.51. The summed E-state index contributed by atoms with van der Waals surface area (Å²) in [6, 6.07) is 0. The van der Waals surface area contributed by atoms with Gasteiger partial charge in [-0.2, -0.15) is 0 Å². The largest absolute Gasteiger partial charge is 0.390 e. The molecule has 1 rings (SSSR count). The van der Waals surface area contributed by atoms with Gasteiger partial charge in [0.05, 0.1) is 19.7 Å². The Kier molecular flexibility index (Phi) is 15.6. The highest BCUT2D eigenvalue weighted by Gasteiger charge is 2.35. The minimum atomic E-state index is 0.281. The van der Waals surface area contributed by atoms with E-state index in [1.807, 2.05) is 0 Å². The highest BCUT2D eigenvalue weighted by molar-refractivity contribution is 5.76. The van der Waals surface area contributed by atoms with Crippen molar-refractivity contribution in [3.8, 4) is 0 Å². The molecule has 0 aliphatic carbocycles. The van der Waals surface area contributed by atoms with Crippen LogP contribution in [0.2, 0.25) is 0 Å². The molecule has 0 aromatic rings. The Morgan fingerprint density at radius 1 is 0.857 bits per heavy atom. The minimum absolute atomic E-state index is 0.281. The van der Waals surface area contributed by atoms with Crippen LogP contribution >= 0.6 is 0 Å². The lowest BCUT2D eigenvalue weighted by atomic mass is 10.0. The van der Waals surface area contributed by atoms with Gasteiger partial charge in [0.25, 0.3) is 0 Å². The first-order valence-electron chi connectivity index (χ1n) is 12.4. The van der Waals surface area contributed by atoms with E-state index in [1.165, 1.54) is 95.7 Å². The Morgan fingerprint density at radius 2 is 1.39 bits per heavy atom. The highest BCUT2D eigenvalue weighted by atomic mass is 16.3. The first-order chi connectivity index (χ1) is 13.8. The topological polar surface area (TPSA) is 32.6 Å². The molecule has 1 N–H and O–H groups in total. The fourth-order valence-corrected chi connectivity index (χ4v) is 4.55. The Bertz CT molecular complexity index is 419. The molecule has 28 heavy (non-hydrogen) atoms. The number of aliphatic imine (C=N–C) groups is 1. The van der Waals surface area contributed by atoms with E-state index >= 15 is 0 Å². The first kappa shape index (κ1) is 25.4. The number of hydrogen-bond donors (Lipinski definition) is 1. The predicted molar refractivity (Wildman–Crippen MR) is 124 cm³/mol. The normalized spacial score (nSPS) is 19.6. The number of rotatable bonds is 19. The molecule has 0 amide bonds. The Morgan fingerprint density at radius 3 is 1.89 bits per heavy atom. The van der Waals surface area contributed by atoms with Crippen molar-refractivity contribution >= 4 is 5.84 Å². The summed E-state index contributed by atoms with van der Waals surface area (Å²) in [4.78, 5) is 4.76. The van der Waals surface area contributed by atoms with Crippen LogP contribution in [-0.4, -0.2) is 48.2 Å². The van der Waals surface area contributed by atoms with Crippen LogP contribution in [0.5, 0.6) is 0 Å². The quantitative estimate of drug-likeness (QED) is 0.149. The lowest BCUT2D eigenvalue weighted by Crippen LogP contribution is -2.52. The maximum Gasteiger partial charge on any atom is 0.198 e. The zero-order valence-electron chi connectivity index (χ0n) is 19.1. The van der Waals surface area contributed by atoms with E-state index in [0.717, 1.165) is 37.1 Å². The molecule has 0 bridgehead atoms. The van der Waals surface area contributed by atoms with Gasteiger partial charge in [0.1, 0.15) is 13.1 Å². The number of unbranched alkanes of at least 4 members (excludes halogenated alkanes) is 13. The summed E-state index contributed by atoms with van der Waals surface area (Å²) in [6.07, 6.45) is 25.1. The van der Waals surface area contributed by atoms with E-state index in [2.05, 4.69) is 26.0 Å². The SMILES string of the molecule is C/C=C/CCCCCCCCCCCCCCCC1=NCC[N+]1(CC)CCO. The smallest absolute Gasteiger partial charge is 0.198 e. The monoisotopic (exact) mass is 393 g/mol. The van der Waals surface area contributed by atoms with Crippen LogP contribution in [0.4, 0.5) is 0 Å². The van der Waals surface area contributed by atoms with E-state index < -0.39 is 0 Å². The molecule has 0 fully saturated rings. The van der Waals surface area contributed by atoms with Gasteiger partial charge in [-0.15, -0.1) is 0 Å². The van der Waals surface area contributed by atoms with Gasteiger partial charge in [-0.1, -0.05) is 82.8 Å². The van der Waals surface area contributed by atoms with E-state index in [-0.39, 0.29) is 6.61 Å². The lowest BCUT2D eigenvalue weighted by Gasteiger charge is -2.33. The van der Waals surface area contributed by atoms with E-state index in [1.54, 1.807) is 0 Å². The van der Waals surface area contributed by atoms with Crippen molar-refractivity contribution in [2.75, 3.05) is 32.8 Å². The van der Waals surface area contributed by atoms with Crippen LogP contribution in [0.25, 0.3) is 0 Å². The molecule has 1 heterocycles. The number of amidine groups is 1. The van der Waals surface area contributed by atoms with Gasteiger partial charge in [0.15, 0.2) is 5.84 Å². The summed E-state index contributed by atoms with van der Waals surface area (Å²) in [7, 11) is 0. The van der Waals surface area contributed by atoms with Crippen LogP contribution in [0.1, 0.15) is 110 Å². The second-order valence-electron chi connectivity index (χ2n) is 8.63. The van der Waals surface area contributed by atoms with Crippen LogP contribution < -0.4 is 0 Å². The molecular formula is C25H49N2O+. The van der Waals surface area contributed by atoms with Gasteiger partial charge in [0, 0.05) is 6.42 Å². The number of quaternary nitrogens is 1. The van der Waals surface area contributed by atoms with Gasteiger partial charge in [0.2, 0.25) is 0 Å². The second kappa shape index (κ2) is 17.2. The first-order valence-corrected chi connectivity index (χ1v) is 12.4. The van der Waals surface area contributed by atoms with Crippen molar-refractivity contribution in [2.45, 2.75) is 110 Å². The molecule has 0 aromatic heterocycles. The summed E-state index contributed by atoms with van der Waals surface area (Å²) >= 11 is 0. The average Bonchev–Trinajstić information content (AvgIpc) is 3.11. The maximum absolute atomic E-state index is 9.38. The Hall–Kier alpha value is -0.670. The zero-order valence-corrected chi connectivity index (χ0v) is 19.1. The molecule has 0 saturated carbocycles. The zero-order chi connectivity index (χ0) is 20.3. The number of likely N-dealkylation sites (N-methyl/N-ethyl adjacent to an activating group) is 1. The van der Waals surface area contributed by atoms with Crippen molar-refractivity contribution in [2.24, 2.45) is 4.99 Å². The standard InChI is InChI=1S/C25H49N2O/c1-3-5-6-7-8-9-10-11-12-13-14-15-16-17-18-19-20-25-26-21-22-27(25,4-2)23-24-28/h3,5,28H,4,6-24H2,1-2H3/q+1/b5-3+. The van der Waals surface area contributed by atoms with Gasteiger partial charge >= 0.3 is 0 Å². The van der Waals surface area contributed by atoms with E-state index in [4.69, 9.17) is 4.99 Å². The van der Waals surface area contributed by atoms with Crippen molar-refractivity contribution < 1.29 is 9.59 Å². The van der Waals surface area contributed by atoms with Crippen LogP contribution in [-0.2, 0) is 0 Å². The van der Waals surface area contributed by atoms with E-state index in [0.29, 0.717) is 0 Å². The van der Waals surface area contributed by atoms with Gasteiger partial charge in [-0.05, 0) is 33.1 Å². The third-order valence-electron chi connectivity index (χ3n) is 6.51. The molecule has 0 saturated heterocycles. The molecule has 0 radical (unpaired) electrons. The van der Waals surface area contributed by atoms with Crippen LogP contribution in [0, 0.1) is 0 Å². The summed E-state index contributed by atoms with van der Waals surface area (Å²) in [5.41, 5.74) is 0. The van der Waals surface area contributed by atoms with Crippen molar-refractivity contribution in [1.29, 1.82) is 0 Å². The second-order valence-corrected chi connectivity index (χ2v) is 8.63. The summed E-state index contributed by atoms with van der Waals surface area (Å²) in [5.74, 6) is 1.36. The number of aliphatic hydroxyl groups is 1. The van der Waals surface area contributed by atoms with Gasteiger partial charge < -0.3 is 5.11 Å². The van der Waals surface area contributed by atoms with Gasteiger partial charge in [-0.25, -0.2) is 4.99 Å². The lowest BCUT2D eigenvalue weighted by molar-refractivity contribution is -0.835. The summed E-state index contributed by atoms with van der Waals surface area (Å²) < 4.78 is 0.951. The molecule has 1 atom stereocenters. The van der Waals surface area contributed by atoms with Crippen molar-refractivity contribution in [3.05, 3.63) is 12.2 Å². The number of aliphatic hydroxyl groups excluding tert-OH is 1. The molecule has 1 aliphatic rings. The predicted octanol–water partition coefficient (Wildman–Crippen LogP) is 6.66. The van der Waals surface area contributed by atoms with Crippen LogP contribution in [0.3, 0.4) is 0 Å². The Balaban J connectivity index is 1.87. The fraction of sp³-hybridized carbons (Fsp3) is 0.880. The van der Waals surface area contributed by atoms with Crippen molar-refractivity contribution in [1.82, 2.24) is 0 Å². The Labute approximate surface area is 175 Å². The average molecular weight is 394 g/mol. The molecule has 1 aliphatic heterocycles. The fourth-order valence-electron chi connectivity index (χ4n) is 4.55. The molecule has 3 heteroatoms. The number of nitrogens with zero attached hydrogens (tertiary/aromatic N) is 2. The molecule has 3 nitrogen and oxygen atoms in total. The number of hydrogen-bond acceptors (Lipinski definition) is 2. The molecule has 0 spiro atoms. The molecule has 164 valence electrons. The van der Waals surface area contributed by atoms with E-state index in [9.17, 15) is 5.11 Å². The maximum atomic E-state index is 9.38. The summed E-state index contributed by atoms with van der Waals surface area (Å²) in [6.45, 7) is 8.62. The molecule has 1 unspecified atom stereocenters. The van der Waals surface area contributed by atoms with Gasteiger partial charge in [-0.3, -0.25) is 4.48 Å². The molecule has 0 aromatic carbocycles. The summed E-state index contributed by atoms with van der Waals surface area (Å²) in [5, 5.41) is 9.38. The molecular weight excluding hydrogens is 344 g/mol.